The molecule has 4 aliphatic rings. The van der Waals surface area contributed by atoms with Gasteiger partial charge in [0.15, 0.2) is 5.69 Å². The first-order valence-corrected chi connectivity index (χ1v) is 11.8. The van der Waals surface area contributed by atoms with Crippen LogP contribution in [0, 0.1) is 28.0 Å². The van der Waals surface area contributed by atoms with Gasteiger partial charge in [0, 0.05) is 18.8 Å². The molecule has 1 unspecified atom stereocenters. The van der Waals surface area contributed by atoms with Gasteiger partial charge in [-0.1, -0.05) is 19.3 Å². The zero-order valence-corrected chi connectivity index (χ0v) is 19.0. The van der Waals surface area contributed by atoms with E-state index in [1.54, 1.807) is 17.4 Å². The van der Waals surface area contributed by atoms with Gasteiger partial charge in [0.05, 0.1) is 36.7 Å². The average Bonchev–Trinajstić information content (AvgIpc) is 3.29. The highest BCUT2D eigenvalue weighted by atomic mass is 19.1. The highest BCUT2D eigenvalue weighted by Gasteiger charge is 2.71. The molecule has 9 heteroatoms. The van der Waals surface area contributed by atoms with Gasteiger partial charge in [-0.05, 0) is 49.1 Å². The van der Waals surface area contributed by atoms with Crippen LogP contribution < -0.4 is 4.74 Å². The van der Waals surface area contributed by atoms with Crippen LogP contribution in [-0.2, 0) is 4.79 Å². The maximum absolute atomic E-state index is 13.6. The van der Waals surface area contributed by atoms with Gasteiger partial charge in [0.25, 0.3) is 0 Å². The Morgan fingerprint density at radius 1 is 1.15 bits per heavy atom. The van der Waals surface area contributed by atoms with Gasteiger partial charge in [0.1, 0.15) is 11.9 Å². The van der Waals surface area contributed by atoms with Crippen molar-refractivity contribution in [3.8, 4) is 11.9 Å². The fourth-order valence-corrected chi connectivity index (χ4v) is 5.81. The Morgan fingerprint density at radius 3 is 2.71 bits per heavy atom. The van der Waals surface area contributed by atoms with Crippen LogP contribution in [0.2, 0.25) is 0 Å². The number of aromatic nitrogens is 3. The Bertz CT molecular complexity index is 1110. The smallest absolute Gasteiger partial charge is 0.249 e. The monoisotopic (exact) mass is 462 g/mol. The van der Waals surface area contributed by atoms with E-state index >= 15 is 0 Å². The van der Waals surface area contributed by atoms with E-state index in [4.69, 9.17) is 10.00 Å². The average molecular weight is 463 g/mol. The zero-order valence-electron chi connectivity index (χ0n) is 19.0. The van der Waals surface area contributed by atoms with Gasteiger partial charge in [-0.2, -0.15) is 10.4 Å². The number of halogens is 1. The van der Waals surface area contributed by atoms with Crippen molar-refractivity contribution in [1.82, 2.24) is 20.0 Å². The molecule has 34 heavy (non-hydrogen) atoms. The summed E-state index contributed by atoms with van der Waals surface area (Å²) in [4.78, 5) is 25.2. The van der Waals surface area contributed by atoms with Gasteiger partial charge in [-0.15, -0.1) is 0 Å². The minimum Gasteiger partial charge on any atom is -0.477 e. The van der Waals surface area contributed by atoms with Gasteiger partial charge in [0.2, 0.25) is 11.8 Å². The normalized spacial score (nSPS) is 26.5. The van der Waals surface area contributed by atoms with E-state index in [1.807, 2.05) is 6.07 Å². The van der Waals surface area contributed by atoms with Crippen molar-refractivity contribution in [2.24, 2.45) is 15.9 Å². The summed E-state index contributed by atoms with van der Waals surface area (Å²) in [5.74, 6) is 0.136. The maximum Gasteiger partial charge on any atom is 0.249 e. The number of hydrogen-bond acceptors (Lipinski definition) is 7. The van der Waals surface area contributed by atoms with E-state index in [0.29, 0.717) is 29.9 Å². The molecule has 0 saturated heterocycles. The van der Waals surface area contributed by atoms with Crippen molar-refractivity contribution in [1.29, 1.82) is 5.26 Å². The number of amides is 1. The molecule has 176 valence electrons. The van der Waals surface area contributed by atoms with Crippen molar-refractivity contribution in [2.75, 3.05) is 6.61 Å². The molecule has 8 nitrogen and oxygen atoms in total. The van der Waals surface area contributed by atoms with Crippen LogP contribution in [0.1, 0.15) is 75.1 Å². The third kappa shape index (κ3) is 4.25. The summed E-state index contributed by atoms with van der Waals surface area (Å²) in [5.41, 5.74) is 1.03. The largest absolute Gasteiger partial charge is 0.477 e. The van der Waals surface area contributed by atoms with E-state index in [9.17, 15) is 9.18 Å². The summed E-state index contributed by atoms with van der Waals surface area (Å²) in [5, 5.41) is 14.6. The molecule has 2 aromatic heterocycles. The third-order valence-electron chi connectivity index (χ3n) is 7.34. The number of unbranched alkanes of at least 4 members (excludes halogenated alkanes) is 3. The Balaban J connectivity index is 1.00. The molecular formula is C25H27FN6O2. The van der Waals surface area contributed by atoms with Gasteiger partial charge in [-0.25, -0.2) is 19.4 Å². The molecular weight excluding hydrogens is 435 g/mol. The molecule has 1 amide bonds. The van der Waals surface area contributed by atoms with Crippen LogP contribution in [0.25, 0.3) is 0 Å². The van der Waals surface area contributed by atoms with Gasteiger partial charge >= 0.3 is 0 Å². The van der Waals surface area contributed by atoms with E-state index in [-0.39, 0.29) is 23.1 Å². The molecule has 3 heterocycles. The lowest BCUT2D eigenvalue weighted by Gasteiger charge is -2.70. The SMILES string of the molecule is N#Cc1cnc(OCCCCCCC23CC(C(=O)N4N=CCC4c4cncc(F)c4)(C2)C3)cn1. The molecule has 0 spiro atoms. The fourth-order valence-electron chi connectivity index (χ4n) is 5.81. The molecule has 1 atom stereocenters. The molecule has 0 N–H and O–H groups in total. The lowest BCUT2D eigenvalue weighted by atomic mass is 9.33. The highest BCUT2D eigenvalue weighted by Crippen LogP contribution is 2.76. The van der Waals surface area contributed by atoms with Gasteiger partial charge < -0.3 is 4.74 Å². The van der Waals surface area contributed by atoms with Gasteiger partial charge in [-0.3, -0.25) is 9.78 Å². The number of carbonyl (C=O) groups excluding carboxylic acids is 1. The minimum atomic E-state index is -0.393. The van der Waals surface area contributed by atoms with Crippen LogP contribution in [0.15, 0.2) is 36.0 Å². The first-order chi connectivity index (χ1) is 16.5. The number of hydrogen-bond donors (Lipinski definition) is 0. The topological polar surface area (TPSA) is 104 Å². The lowest BCUT2D eigenvalue weighted by Crippen LogP contribution is -2.67. The molecule has 3 aliphatic carbocycles. The predicted molar refractivity (Wildman–Crippen MR) is 121 cm³/mol. The number of nitriles is 1. The molecule has 1 aliphatic heterocycles. The maximum atomic E-state index is 13.6. The zero-order chi connectivity index (χ0) is 23.6. The number of rotatable bonds is 10. The standard InChI is InChI=1S/C25H27FN6O2/c26-19-9-18(11-28-12-19)21-5-7-31-32(21)23(33)25-15-24(16-25,17-25)6-3-1-2-4-8-34-22-14-29-20(10-27)13-30-22/h7,9,11-14,21H,1-6,8,15-17H2. The second kappa shape index (κ2) is 9.09. The Morgan fingerprint density at radius 2 is 1.97 bits per heavy atom. The molecule has 3 fully saturated rings. The summed E-state index contributed by atoms with van der Waals surface area (Å²) in [7, 11) is 0. The van der Waals surface area contributed by atoms with Crippen LogP contribution in [-0.4, -0.2) is 38.7 Å². The minimum absolute atomic E-state index is 0.0837. The Labute approximate surface area is 197 Å². The van der Waals surface area contributed by atoms with Crippen molar-refractivity contribution >= 4 is 12.1 Å². The van der Waals surface area contributed by atoms with Crippen molar-refractivity contribution in [3.63, 3.8) is 0 Å². The number of carbonyl (C=O) groups is 1. The summed E-state index contributed by atoms with van der Waals surface area (Å²) >= 11 is 0. The fraction of sp³-hybridized carbons (Fsp3) is 0.520. The third-order valence-corrected chi connectivity index (χ3v) is 7.34. The quantitative estimate of drug-likeness (QED) is 0.487. The van der Waals surface area contributed by atoms with Crippen molar-refractivity contribution in [3.05, 3.63) is 47.9 Å². The second-order valence-electron chi connectivity index (χ2n) is 9.81. The molecule has 2 aromatic rings. The molecule has 0 aromatic carbocycles. The number of ether oxygens (including phenoxy) is 1. The number of pyridine rings is 1. The first kappa shape index (κ1) is 22.4. The van der Waals surface area contributed by atoms with E-state index < -0.39 is 5.82 Å². The van der Waals surface area contributed by atoms with Crippen LogP contribution in [0.4, 0.5) is 4.39 Å². The van der Waals surface area contributed by atoms with Crippen LogP contribution in [0.5, 0.6) is 5.88 Å². The van der Waals surface area contributed by atoms with E-state index in [1.165, 1.54) is 24.7 Å². The first-order valence-electron chi connectivity index (χ1n) is 11.8. The summed E-state index contributed by atoms with van der Waals surface area (Å²) in [6.07, 6.45) is 16.3. The summed E-state index contributed by atoms with van der Waals surface area (Å²) < 4.78 is 19.2. The molecule has 0 radical (unpaired) electrons. The van der Waals surface area contributed by atoms with Crippen molar-refractivity contribution < 1.29 is 13.9 Å². The van der Waals surface area contributed by atoms with Crippen molar-refractivity contribution in [2.45, 2.75) is 63.8 Å². The lowest BCUT2D eigenvalue weighted by molar-refractivity contribution is -0.220. The summed E-state index contributed by atoms with van der Waals surface area (Å²) in [6, 6.07) is 3.12. The number of nitrogens with zero attached hydrogens (tertiary/aromatic N) is 6. The Hall–Kier alpha value is -3.41. The number of hydrazone groups is 1. The summed E-state index contributed by atoms with van der Waals surface area (Å²) in [6.45, 7) is 0.585. The molecule has 2 bridgehead atoms. The molecule has 3 saturated carbocycles. The second-order valence-corrected chi connectivity index (χ2v) is 9.81. The molecule has 6 rings (SSSR count). The van der Waals surface area contributed by atoms with Crippen LogP contribution >= 0.6 is 0 Å². The van der Waals surface area contributed by atoms with Crippen LogP contribution in [0.3, 0.4) is 0 Å². The van der Waals surface area contributed by atoms with E-state index in [2.05, 4.69) is 20.1 Å². The Kier molecular flexibility index (Phi) is 5.98. The predicted octanol–water partition coefficient (Wildman–Crippen LogP) is 4.34. The van der Waals surface area contributed by atoms with E-state index in [0.717, 1.165) is 51.4 Å². The highest BCUT2D eigenvalue weighted by molar-refractivity contribution is 5.88.